The SMILES string of the molecule is NC(=O)CCOc1ccc(NC(=O)c2ccccc2C(=O)c2ccc(F)cc2)cc1. The number of ketones is 1. The highest BCUT2D eigenvalue weighted by Gasteiger charge is 2.18. The van der Waals surface area contributed by atoms with Gasteiger partial charge in [-0.15, -0.1) is 0 Å². The summed E-state index contributed by atoms with van der Waals surface area (Å²) in [7, 11) is 0. The average molecular weight is 406 g/mol. The van der Waals surface area contributed by atoms with E-state index in [2.05, 4.69) is 5.32 Å². The molecule has 0 heterocycles. The molecule has 3 aromatic carbocycles. The second-order valence-corrected chi connectivity index (χ2v) is 6.42. The van der Waals surface area contributed by atoms with Crippen LogP contribution in [0.3, 0.4) is 0 Å². The van der Waals surface area contributed by atoms with Crippen LogP contribution in [0.1, 0.15) is 32.7 Å². The van der Waals surface area contributed by atoms with Gasteiger partial charge in [-0.25, -0.2) is 4.39 Å². The number of rotatable bonds is 8. The molecule has 0 aliphatic rings. The number of carbonyl (C=O) groups excluding carboxylic acids is 3. The highest BCUT2D eigenvalue weighted by atomic mass is 19.1. The number of amides is 2. The molecule has 3 rings (SSSR count). The number of hydrogen-bond donors (Lipinski definition) is 2. The van der Waals surface area contributed by atoms with E-state index in [0.717, 1.165) is 0 Å². The number of benzene rings is 3. The topological polar surface area (TPSA) is 98.5 Å². The van der Waals surface area contributed by atoms with Gasteiger partial charge in [0, 0.05) is 16.8 Å². The van der Waals surface area contributed by atoms with Crippen molar-refractivity contribution in [3.63, 3.8) is 0 Å². The number of ether oxygens (including phenoxy) is 1. The lowest BCUT2D eigenvalue weighted by atomic mass is 9.98. The zero-order chi connectivity index (χ0) is 21.5. The van der Waals surface area contributed by atoms with Crippen molar-refractivity contribution in [2.24, 2.45) is 5.73 Å². The second kappa shape index (κ2) is 9.47. The van der Waals surface area contributed by atoms with Gasteiger partial charge in [-0.05, 0) is 54.6 Å². The van der Waals surface area contributed by atoms with Gasteiger partial charge in [0.15, 0.2) is 5.78 Å². The van der Waals surface area contributed by atoms with E-state index in [9.17, 15) is 18.8 Å². The molecule has 0 radical (unpaired) electrons. The molecule has 0 spiro atoms. The Morgan fingerprint density at radius 1 is 0.867 bits per heavy atom. The Hall–Kier alpha value is -4.00. The van der Waals surface area contributed by atoms with Crippen LogP contribution in [-0.4, -0.2) is 24.2 Å². The Kier molecular flexibility index (Phi) is 6.54. The first-order valence-corrected chi connectivity index (χ1v) is 9.16. The van der Waals surface area contributed by atoms with Gasteiger partial charge >= 0.3 is 0 Å². The quantitative estimate of drug-likeness (QED) is 0.559. The van der Waals surface area contributed by atoms with Crippen LogP contribution in [0.15, 0.2) is 72.8 Å². The number of primary amides is 1. The Morgan fingerprint density at radius 3 is 2.13 bits per heavy atom. The van der Waals surface area contributed by atoms with Crippen molar-refractivity contribution in [1.29, 1.82) is 0 Å². The first-order chi connectivity index (χ1) is 14.4. The average Bonchev–Trinajstić information content (AvgIpc) is 2.75. The Morgan fingerprint density at radius 2 is 1.50 bits per heavy atom. The molecule has 0 aliphatic carbocycles. The third-order valence-electron chi connectivity index (χ3n) is 4.25. The zero-order valence-electron chi connectivity index (χ0n) is 15.9. The molecule has 3 aromatic rings. The lowest BCUT2D eigenvalue weighted by Gasteiger charge is -2.11. The van der Waals surface area contributed by atoms with E-state index < -0.39 is 17.6 Å². The van der Waals surface area contributed by atoms with Crippen molar-refractivity contribution < 1.29 is 23.5 Å². The van der Waals surface area contributed by atoms with Gasteiger partial charge in [-0.2, -0.15) is 0 Å². The highest BCUT2D eigenvalue weighted by Crippen LogP contribution is 2.19. The molecule has 2 amide bonds. The Bertz CT molecular complexity index is 1060. The predicted octanol–water partition coefficient (Wildman–Crippen LogP) is 3.56. The Balaban J connectivity index is 1.72. The molecule has 6 nitrogen and oxygen atoms in total. The van der Waals surface area contributed by atoms with Crippen LogP contribution in [-0.2, 0) is 4.79 Å². The first kappa shape index (κ1) is 20.7. The molecule has 7 heteroatoms. The van der Waals surface area contributed by atoms with Gasteiger partial charge in [-0.3, -0.25) is 14.4 Å². The van der Waals surface area contributed by atoms with Gasteiger partial charge in [0.25, 0.3) is 5.91 Å². The van der Waals surface area contributed by atoms with E-state index in [1.807, 2.05) is 0 Å². The van der Waals surface area contributed by atoms with Gasteiger partial charge in [0.05, 0.1) is 18.6 Å². The van der Waals surface area contributed by atoms with E-state index >= 15 is 0 Å². The smallest absolute Gasteiger partial charge is 0.256 e. The van der Waals surface area contributed by atoms with E-state index in [1.165, 1.54) is 24.3 Å². The lowest BCUT2D eigenvalue weighted by molar-refractivity contribution is -0.118. The maximum Gasteiger partial charge on any atom is 0.256 e. The molecular weight excluding hydrogens is 387 g/mol. The van der Waals surface area contributed by atoms with Crippen LogP contribution in [0.25, 0.3) is 0 Å². The first-order valence-electron chi connectivity index (χ1n) is 9.16. The van der Waals surface area contributed by atoms with Crippen molar-refractivity contribution >= 4 is 23.3 Å². The minimum absolute atomic E-state index is 0.108. The summed E-state index contributed by atoms with van der Waals surface area (Å²) in [5.74, 6) is -1.20. The number of carbonyl (C=O) groups is 3. The van der Waals surface area contributed by atoms with Gasteiger partial charge in [-0.1, -0.05) is 18.2 Å². The molecule has 0 saturated heterocycles. The minimum Gasteiger partial charge on any atom is -0.493 e. The summed E-state index contributed by atoms with van der Waals surface area (Å²) in [4.78, 5) is 36.3. The fraction of sp³-hybridized carbons (Fsp3) is 0.0870. The normalized spacial score (nSPS) is 10.3. The van der Waals surface area contributed by atoms with E-state index in [-0.39, 0.29) is 35.5 Å². The van der Waals surface area contributed by atoms with Crippen molar-refractivity contribution in [2.75, 3.05) is 11.9 Å². The third kappa shape index (κ3) is 5.29. The molecule has 0 atom stereocenters. The highest BCUT2D eigenvalue weighted by molar-refractivity contribution is 6.17. The molecule has 0 aromatic heterocycles. The molecule has 30 heavy (non-hydrogen) atoms. The molecule has 0 bridgehead atoms. The van der Waals surface area contributed by atoms with Crippen molar-refractivity contribution in [3.05, 3.63) is 95.3 Å². The van der Waals surface area contributed by atoms with Crippen LogP contribution in [0.2, 0.25) is 0 Å². The molecule has 0 fully saturated rings. The monoisotopic (exact) mass is 406 g/mol. The molecule has 0 aliphatic heterocycles. The summed E-state index contributed by atoms with van der Waals surface area (Å²) >= 11 is 0. The van der Waals surface area contributed by atoms with Crippen LogP contribution in [0.5, 0.6) is 5.75 Å². The maximum absolute atomic E-state index is 13.1. The fourth-order valence-corrected chi connectivity index (χ4v) is 2.74. The summed E-state index contributed by atoms with van der Waals surface area (Å²) in [6, 6.07) is 18.1. The van der Waals surface area contributed by atoms with Gasteiger partial charge in [0.1, 0.15) is 11.6 Å². The van der Waals surface area contributed by atoms with Crippen molar-refractivity contribution in [3.8, 4) is 5.75 Å². The van der Waals surface area contributed by atoms with Gasteiger partial charge < -0.3 is 15.8 Å². The molecule has 3 N–H and O–H groups in total. The standard InChI is InChI=1S/C23H19FN2O4/c24-16-7-5-15(6-8-16)22(28)19-3-1-2-4-20(19)23(29)26-17-9-11-18(12-10-17)30-14-13-21(25)27/h1-12H,13-14H2,(H2,25,27)(H,26,29). The van der Waals surface area contributed by atoms with Gasteiger partial charge in [0.2, 0.25) is 5.91 Å². The predicted molar refractivity (Wildman–Crippen MR) is 110 cm³/mol. The van der Waals surface area contributed by atoms with E-state index in [4.69, 9.17) is 10.5 Å². The summed E-state index contributed by atoms with van der Waals surface area (Å²) in [5.41, 5.74) is 6.27. The van der Waals surface area contributed by atoms with Crippen LogP contribution >= 0.6 is 0 Å². The third-order valence-corrected chi connectivity index (χ3v) is 4.25. The second-order valence-electron chi connectivity index (χ2n) is 6.42. The van der Waals surface area contributed by atoms with Crippen molar-refractivity contribution in [2.45, 2.75) is 6.42 Å². The maximum atomic E-state index is 13.1. The minimum atomic E-state index is -0.455. The zero-order valence-corrected chi connectivity index (χ0v) is 15.9. The number of hydrogen-bond acceptors (Lipinski definition) is 4. The van der Waals surface area contributed by atoms with E-state index in [1.54, 1.807) is 48.5 Å². The molecule has 0 saturated carbocycles. The van der Waals surface area contributed by atoms with Crippen LogP contribution < -0.4 is 15.8 Å². The number of nitrogens with one attached hydrogen (secondary N) is 1. The van der Waals surface area contributed by atoms with Crippen LogP contribution in [0, 0.1) is 5.82 Å². The lowest BCUT2D eigenvalue weighted by Crippen LogP contribution is -2.17. The van der Waals surface area contributed by atoms with Crippen molar-refractivity contribution in [1.82, 2.24) is 0 Å². The van der Waals surface area contributed by atoms with Crippen LogP contribution in [0.4, 0.5) is 10.1 Å². The number of nitrogens with two attached hydrogens (primary N) is 1. The molecular formula is C23H19FN2O4. The number of halogens is 1. The summed E-state index contributed by atoms with van der Waals surface area (Å²) in [6.45, 7) is 0.167. The summed E-state index contributed by atoms with van der Waals surface area (Å²) < 4.78 is 18.5. The number of anilines is 1. The largest absolute Gasteiger partial charge is 0.493 e. The summed E-state index contributed by atoms with van der Waals surface area (Å²) in [5, 5.41) is 2.73. The summed E-state index contributed by atoms with van der Waals surface area (Å²) in [6.07, 6.45) is 0.108. The molecule has 0 unspecified atom stereocenters. The van der Waals surface area contributed by atoms with E-state index in [0.29, 0.717) is 11.4 Å². The fourth-order valence-electron chi connectivity index (χ4n) is 2.74. The Labute approximate surface area is 172 Å². The molecule has 152 valence electrons.